The summed E-state index contributed by atoms with van der Waals surface area (Å²) in [5.41, 5.74) is 0. The molecule has 0 spiro atoms. The molecule has 60 valence electrons. The zero-order valence-corrected chi connectivity index (χ0v) is 6.51. The van der Waals surface area contributed by atoms with Crippen LogP contribution in [0, 0.1) is 12.3 Å². The Morgan fingerprint density at radius 1 is 1.64 bits per heavy atom. The lowest BCUT2D eigenvalue weighted by Gasteiger charge is -2.10. The van der Waals surface area contributed by atoms with E-state index in [1.54, 1.807) is 0 Å². The van der Waals surface area contributed by atoms with Crippen molar-refractivity contribution in [3.63, 3.8) is 0 Å². The highest BCUT2D eigenvalue weighted by molar-refractivity contribution is 5.69. The molecule has 0 aromatic carbocycles. The summed E-state index contributed by atoms with van der Waals surface area (Å²) in [4.78, 5) is 10.9. The SMILES string of the molecule is C#CCC1CCCCC(=O)O1. The zero-order chi connectivity index (χ0) is 8.10. The highest BCUT2D eigenvalue weighted by Crippen LogP contribution is 2.15. The van der Waals surface area contributed by atoms with Crippen molar-refractivity contribution in [2.24, 2.45) is 0 Å². The van der Waals surface area contributed by atoms with Crippen LogP contribution in [0.4, 0.5) is 0 Å². The molecule has 0 radical (unpaired) electrons. The van der Waals surface area contributed by atoms with Crippen LogP contribution >= 0.6 is 0 Å². The number of carbonyl (C=O) groups is 1. The molecule has 0 amide bonds. The van der Waals surface area contributed by atoms with Gasteiger partial charge in [0, 0.05) is 12.8 Å². The number of terminal acetylenes is 1. The number of cyclic esters (lactones) is 1. The Bertz CT molecular complexity index is 178. The third kappa shape index (κ3) is 2.63. The maximum atomic E-state index is 10.9. The minimum Gasteiger partial charge on any atom is -0.461 e. The molecule has 1 atom stereocenters. The highest BCUT2D eigenvalue weighted by Gasteiger charge is 2.16. The van der Waals surface area contributed by atoms with Gasteiger partial charge in [0.1, 0.15) is 6.10 Å². The first-order valence-corrected chi connectivity index (χ1v) is 3.96. The predicted molar refractivity (Wildman–Crippen MR) is 41.8 cm³/mol. The van der Waals surface area contributed by atoms with E-state index in [4.69, 9.17) is 11.2 Å². The molecule has 0 aromatic rings. The van der Waals surface area contributed by atoms with Crippen molar-refractivity contribution >= 4 is 5.97 Å². The van der Waals surface area contributed by atoms with E-state index in [-0.39, 0.29) is 12.1 Å². The van der Waals surface area contributed by atoms with E-state index in [2.05, 4.69) is 5.92 Å². The molecule has 11 heavy (non-hydrogen) atoms. The van der Waals surface area contributed by atoms with Crippen LogP contribution in [0.15, 0.2) is 0 Å². The Hall–Kier alpha value is -0.970. The molecule has 2 nitrogen and oxygen atoms in total. The second-order valence-corrected chi connectivity index (χ2v) is 2.77. The molecule has 1 heterocycles. The Balaban J connectivity index is 2.40. The van der Waals surface area contributed by atoms with Gasteiger partial charge < -0.3 is 4.74 Å². The second-order valence-electron chi connectivity index (χ2n) is 2.77. The molecule has 0 aromatic heterocycles. The average Bonchev–Trinajstić information content (AvgIpc) is 2.15. The zero-order valence-electron chi connectivity index (χ0n) is 6.51. The second kappa shape index (κ2) is 4.02. The normalized spacial score (nSPS) is 25.0. The molecular weight excluding hydrogens is 140 g/mol. The third-order valence-corrected chi connectivity index (χ3v) is 1.80. The lowest BCUT2D eigenvalue weighted by Crippen LogP contribution is -2.14. The Kier molecular flexibility index (Phi) is 2.97. The quantitative estimate of drug-likeness (QED) is 0.420. The van der Waals surface area contributed by atoms with Crippen LogP contribution in [0.1, 0.15) is 32.1 Å². The van der Waals surface area contributed by atoms with Gasteiger partial charge in [-0.2, -0.15) is 0 Å². The van der Waals surface area contributed by atoms with Gasteiger partial charge in [-0.15, -0.1) is 12.3 Å². The van der Waals surface area contributed by atoms with E-state index < -0.39 is 0 Å². The summed E-state index contributed by atoms with van der Waals surface area (Å²) in [6.07, 6.45) is 9.14. The maximum absolute atomic E-state index is 10.9. The van der Waals surface area contributed by atoms with Crippen LogP contribution in [-0.2, 0) is 9.53 Å². The predicted octanol–water partition coefficient (Wildman–Crippen LogP) is 1.50. The smallest absolute Gasteiger partial charge is 0.306 e. The third-order valence-electron chi connectivity index (χ3n) is 1.80. The number of rotatable bonds is 1. The summed E-state index contributed by atoms with van der Waals surface area (Å²) in [7, 11) is 0. The molecule has 0 N–H and O–H groups in total. The molecule has 2 heteroatoms. The minimum absolute atomic E-state index is 0.0185. The van der Waals surface area contributed by atoms with Crippen molar-refractivity contribution in [2.75, 3.05) is 0 Å². The van der Waals surface area contributed by atoms with Crippen molar-refractivity contribution in [3.05, 3.63) is 0 Å². The molecule has 1 unspecified atom stereocenters. The van der Waals surface area contributed by atoms with Crippen molar-refractivity contribution in [3.8, 4) is 12.3 Å². The molecule has 0 aliphatic carbocycles. The number of hydrogen-bond donors (Lipinski definition) is 0. The summed E-state index contributed by atoms with van der Waals surface area (Å²) < 4.78 is 5.07. The monoisotopic (exact) mass is 152 g/mol. The van der Waals surface area contributed by atoms with Gasteiger partial charge in [-0.25, -0.2) is 0 Å². The molecular formula is C9H12O2. The fourth-order valence-corrected chi connectivity index (χ4v) is 1.22. The van der Waals surface area contributed by atoms with Crippen LogP contribution in [0.2, 0.25) is 0 Å². The van der Waals surface area contributed by atoms with Crippen LogP contribution in [0.3, 0.4) is 0 Å². The van der Waals surface area contributed by atoms with Crippen LogP contribution in [-0.4, -0.2) is 12.1 Å². The van der Waals surface area contributed by atoms with E-state index in [1.807, 2.05) is 0 Å². The Morgan fingerprint density at radius 3 is 3.18 bits per heavy atom. The summed E-state index contributed by atoms with van der Waals surface area (Å²) in [6, 6.07) is 0. The van der Waals surface area contributed by atoms with Gasteiger partial charge in [0.05, 0.1) is 0 Å². The molecule has 1 saturated heterocycles. The molecule has 1 fully saturated rings. The van der Waals surface area contributed by atoms with Crippen molar-refractivity contribution in [2.45, 2.75) is 38.2 Å². The van der Waals surface area contributed by atoms with Gasteiger partial charge in [0.2, 0.25) is 0 Å². The Morgan fingerprint density at radius 2 is 2.45 bits per heavy atom. The first-order chi connectivity index (χ1) is 5.33. The van der Waals surface area contributed by atoms with Gasteiger partial charge in [-0.3, -0.25) is 4.79 Å². The van der Waals surface area contributed by atoms with Gasteiger partial charge in [0.15, 0.2) is 0 Å². The van der Waals surface area contributed by atoms with Crippen LogP contribution in [0.5, 0.6) is 0 Å². The Labute approximate surface area is 66.9 Å². The van der Waals surface area contributed by atoms with Gasteiger partial charge >= 0.3 is 5.97 Å². The topological polar surface area (TPSA) is 26.3 Å². The van der Waals surface area contributed by atoms with E-state index in [1.165, 1.54) is 0 Å². The number of ether oxygens (including phenoxy) is 1. The fourth-order valence-electron chi connectivity index (χ4n) is 1.22. The van der Waals surface area contributed by atoms with Gasteiger partial charge in [-0.05, 0) is 19.3 Å². The number of carbonyl (C=O) groups excluding carboxylic acids is 1. The fraction of sp³-hybridized carbons (Fsp3) is 0.667. The maximum Gasteiger partial charge on any atom is 0.306 e. The van der Waals surface area contributed by atoms with Crippen LogP contribution in [0.25, 0.3) is 0 Å². The van der Waals surface area contributed by atoms with E-state index in [9.17, 15) is 4.79 Å². The van der Waals surface area contributed by atoms with Crippen LogP contribution < -0.4 is 0 Å². The first kappa shape index (κ1) is 8.13. The minimum atomic E-state index is -0.0947. The average molecular weight is 152 g/mol. The molecule has 0 bridgehead atoms. The molecule has 1 rings (SSSR count). The van der Waals surface area contributed by atoms with Crippen molar-refractivity contribution < 1.29 is 9.53 Å². The number of esters is 1. The lowest BCUT2D eigenvalue weighted by molar-refractivity contribution is -0.147. The van der Waals surface area contributed by atoms with Gasteiger partial charge in [-0.1, -0.05) is 0 Å². The van der Waals surface area contributed by atoms with Crippen molar-refractivity contribution in [1.82, 2.24) is 0 Å². The van der Waals surface area contributed by atoms with E-state index in [0.717, 1.165) is 19.3 Å². The summed E-state index contributed by atoms with van der Waals surface area (Å²) in [6.45, 7) is 0. The standard InChI is InChI=1S/C9H12O2/c1-2-5-8-6-3-4-7-9(10)11-8/h1,8H,3-7H2. The van der Waals surface area contributed by atoms with Gasteiger partial charge in [0.25, 0.3) is 0 Å². The summed E-state index contributed by atoms with van der Waals surface area (Å²) in [5.74, 6) is 2.41. The number of hydrogen-bond acceptors (Lipinski definition) is 2. The lowest BCUT2D eigenvalue weighted by atomic mass is 10.1. The first-order valence-electron chi connectivity index (χ1n) is 3.96. The van der Waals surface area contributed by atoms with E-state index >= 15 is 0 Å². The molecule has 1 aliphatic rings. The summed E-state index contributed by atoms with van der Waals surface area (Å²) >= 11 is 0. The largest absolute Gasteiger partial charge is 0.461 e. The van der Waals surface area contributed by atoms with Crippen molar-refractivity contribution in [1.29, 1.82) is 0 Å². The molecule has 0 saturated carbocycles. The van der Waals surface area contributed by atoms with E-state index in [0.29, 0.717) is 12.8 Å². The highest BCUT2D eigenvalue weighted by atomic mass is 16.5. The summed E-state index contributed by atoms with van der Waals surface area (Å²) in [5, 5.41) is 0. The molecule has 1 aliphatic heterocycles.